The Balaban J connectivity index is 1.64. The molecule has 0 saturated heterocycles. The SMILES string of the molecule is O=C(Nc1cc(Br)c[nH]c1=O)c1ccc(COc2ccc(F)cc2)o1. The highest BCUT2D eigenvalue weighted by molar-refractivity contribution is 9.10. The van der Waals surface area contributed by atoms with Gasteiger partial charge in [-0.1, -0.05) is 0 Å². The third-order valence-corrected chi connectivity index (χ3v) is 3.65. The van der Waals surface area contributed by atoms with E-state index >= 15 is 0 Å². The van der Waals surface area contributed by atoms with E-state index in [9.17, 15) is 14.0 Å². The minimum absolute atomic E-state index is 0.0390. The van der Waals surface area contributed by atoms with Crippen molar-refractivity contribution in [1.82, 2.24) is 4.98 Å². The van der Waals surface area contributed by atoms with Gasteiger partial charge in [0.1, 0.15) is 29.6 Å². The van der Waals surface area contributed by atoms with Crippen molar-refractivity contribution in [2.45, 2.75) is 6.61 Å². The molecule has 0 aliphatic carbocycles. The van der Waals surface area contributed by atoms with E-state index in [4.69, 9.17) is 9.15 Å². The van der Waals surface area contributed by atoms with Crippen LogP contribution in [-0.4, -0.2) is 10.9 Å². The average molecular weight is 407 g/mol. The highest BCUT2D eigenvalue weighted by atomic mass is 79.9. The van der Waals surface area contributed by atoms with Gasteiger partial charge in [-0.2, -0.15) is 0 Å². The number of pyridine rings is 1. The Labute approximate surface area is 149 Å². The van der Waals surface area contributed by atoms with Crippen molar-refractivity contribution in [3.8, 4) is 5.75 Å². The Kier molecular flexibility index (Phi) is 4.99. The van der Waals surface area contributed by atoms with Gasteiger partial charge in [0.05, 0.1) is 0 Å². The molecule has 0 bridgehead atoms. The van der Waals surface area contributed by atoms with Crippen LogP contribution in [0.5, 0.6) is 5.75 Å². The summed E-state index contributed by atoms with van der Waals surface area (Å²) in [4.78, 5) is 26.3. The number of furan rings is 1. The smallest absolute Gasteiger partial charge is 0.291 e. The summed E-state index contributed by atoms with van der Waals surface area (Å²) in [7, 11) is 0. The fraction of sp³-hybridized carbons (Fsp3) is 0.0588. The number of hydrogen-bond acceptors (Lipinski definition) is 4. The molecule has 2 heterocycles. The molecule has 0 aliphatic heterocycles. The van der Waals surface area contributed by atoms with Crippen LogP contribution in [0.25, 0.3) is 0 Å². The quantitative estimate of drug-likeness (QED) is 0.676. The Morgan fingerprint density at radius 1 is 1.24 bits per heavy atom. The van der Waals surface area contributed by atoms with E-state index in [1.165, 1.54) is 42.6 Å². The first-order chi connectivity index (χ1) is 12.0. The molecule has 2 N–H and O–H groups in total. The normalized spacial score (nSPS) is 10.5. The van der Waals surface area contributed by atoms with Gasteiger partial charge in [-0.3, -0.25) is 9.59 Å². The number of H-pyrrole nitrogens is 1. The molecule has 0 aliphatic rings. The molecule has 0 unspecified atom stereocenters. The van der Waals surface area contributed by atoms with Crippen molar-refractivity contribution in [1.29, 1.82) is 0 Å². The lowest BCUT2D eigenvalue weighted by atomic mass is 10.3. The number of hydrogen-bond donors (Lipinski definition) is 2. The number of anilines is 1. The molecule has 3 rings (SSSR count). The molecule has 1 amide bonds. The summed E-state index contributed by atoms with van der Waals surface area (Å²) in [5, 5.41) is 2.47. The van der Waals surface area contributed by atoms with Gasteiger partial charge in [0.25, 0.3) is 11.5 Å². The van der Waals surface area contributed by atoms with Crippen LogP contribution in [-0.2, 0) is 6.61 Å². The summed E-state index contributed by atoms with van der Waals surface area (Å²) in [6.07, 6.45) is 1.47. The van der Waals surface area contributed by atoms with Crippen molar-refractivity contribution in [2.75, 3.05) is 5.32 Å². The van der Waals surface area contributed by atoms with Gasteiger partial charge in [-0.25, -0.2) is 4.39 Å². The second kappa shape index (κ2) is 7.35. The van der Waals surface area contributed by atoms with Crippen LogP contribution < -0.4 is 15.6 Å². The first-order valence-electron chi connectivity index (χ1n) is 7.18. The molecule has 128 valence electrons. The number of rotatable bonds is 5. The number of carbonyl (C=O) groups excluding carboxylic acids is 1. The van der Waals surface area contributed by atoms with Crippen molar-refractivity contribution in [2.24, 2.45) is 0 Å². The first kappa shape index (κ1) is 17.0. The Morgan fingerprint density at radius 3 is 2.76 bits per heavy atom. The molecule has 0 fully saturated rings. The lowest BCUT2D eigenvalue weighted by Crippen LogP contribution is -2.19. The van der Waals surface area contributed by atoms with Crippen molar-refractivity contribution >= 4 is 27.5 Å². The number of nitrogens with one attached hydrogen (secondary N) is 2. The molecule has 0 atom stereocenters. The van der Waals surface area contributed by atoms with E-state index in [0.717, 1.165) is 0 Å². The molecule has 6 nitrogen and oxygen atoms in total. The molecule has 0 spiro atoms. The van der Waals surface area contributed by atoms with Crippen LogP contribution in [0.1, 0.15) is 16.3 Å². The van der Waals surface area contributed by atoms with E-state index < -0.39 is 11.5 Å². The zero-order chi connectivity index (χ0) is 17.8. The number of benzene rings is 1. The Hall–Kier alpha value is -2.87. The van der Waals surface area contributed by atoms with Crippen LogP contribution in [0.15, 0.2) is 62.3 Å². The number of aromatic amines is 1. The maximum Gasteiger partial charge on any atom is 0.291 e. The van der Waals surface area contributed by atoms with E-state index in [2.05, 4.69) is 26.2 Å². The third-order valence-electron chi connectivity index (χ3n) is 3.20. The number of carbonyl (C=O) groups is 1. The second-order valence-electron chi connectivity index (χ2n) is 5.02. The van der Waals surface area contributed by atoms with Gasteiger partial charge in [-0.15, -0.1) is 0 Å². The predicted molar refractivity (Wildman–Crippen MR) is 92.2 cm³/mol. The topological polar surface area (TPSA) is 84.3 Å². The fourth-order valence-electron chi connectivity index (χ4n) is 2.00. The lowest BCUT2D eigenvalue weighted by molar-refractivity contribution is 0.0992. The van der Waals surface area contributed by atoms with Crippen LogP contribution in [0.2, 0.25) is 0 Å². The predicted octanol–water partition coefficient (Wildman–Crippen LogP) is 3.70. The maximum atomic E-state index is 12.8. The van der Waals surface area contributed by atoms with Crippen LogP contribution >= 0.6 is 15.9 Å². The van der Waals surface area contributed by atoms with Gasteiger partial charge in [-0.05, 0) is 58.4 Å². The van der Waals surface area contributed by atoms with Crippen molar-refractivity contribution in [3.63, 3.8) is 0 Å². The highest BCUT2D eigenvalue weighted by Crippen LogP contribution is 2.16. The standard InChI is InChI=1S/C17H12BrFN2O4/c18-10-7-14(16(22)20-8-10)21-17(23)15-6-5-13(25-15)9-24-12-3-1-11(19)2-4-12/h1-8H,9H2,(H,20,22)(H,21,23). The van der Waals surface area contributed by atoms with E-state index in [0.29, 0.717) is 16.0 Å². The monoisotopic (exact) mass is 406 g/mol. The maximum absolute atomic E-state index is 12.8. The molecule has 2 aromatic heterocycles. The number of halogens is 2. The first-order valence-corrected chi connectivity index (χ1v) is 7.97. The number of amides is 1. The van der Waals surface area contributed by atoms with E-state index in [1.54, 1.807) is 6.07 Å². The summed E-state index contributed by atoms with van der Waals surface area (Å²) in [6.45, 7) is 0.0797. The van der Waals surface area contributed by atoms with Crippen LogP contribution in [0.4, 0.5) is 10.1 Å². The third kappa shape index (κ3) is 4.36. The molecular formula is C17H12BrFN2O4. The second-order valence-corrected chi connectivity index (χ2v) is 5.94. The summed E-state index contributed by atoms with van der Waals surface area (Å²) in [6, 6.07) is 10.1. The molecule has 25 heavy (non-hydrogen) atoms. The Morgan fingerprint density at radius 2 is 2.00 bits per heavy atom. The van der Waals surface area contributed by atoms with Gasteiger partial charge in [0.2, 0.25) is 0 Å². The van der Waals surface area contributed by atoms with Crippen molar-refractivity contribution in [3.05, 3.63) is 80.8 Å². The van der Waals surface area contributed by atoms with E-state index in [-0.39, 0.29) is 23.9 Å². The summed E-state index contributed by atoms with van der Waals surface area (Å²) >= 11 is 3.21. The fourth-order valence-corrected chi connectivity index (χ4v) is 2.34. The molecular weight excluding hydrogens is 395 g/mol. The summed E-state index contributed by atoms with van der Waals surface area (Å²) < 4.78 is 24.3. The van der Waals surface area contributed by atoms with Gasteiger partial charge < -0.3 is 19.5 Å². The highest BCUT2D eigenvalue weighted by Gasteiger charge is 2.13. The molecule has 1 aromatic carbocycles. The molecule has 3 aromatic rings. The molecule has 0 radical (unpaired) electrons. The van der Waals surface area contributed by atoms with E-state index in [1.807, 2.05) is 0 Å². The van der Waals surface area contributed by atoms with Gasteiger partial charge >= 0.3 is 0 Å². The minimum Gasteiger partial charge on any atom is -0.486 e. The van der Waals surface area contributed by atoms with Gasteiger partial charge in [0.15, 0.2) is 5.76 Å². The summed E-state index contributed by atoms with van der Waals surface area (Å²) in [5.74, 6) is 0.0163. The summed E-state index contributed by atoms with van der Waals surface area (Å²) in [5.41, 5.74) is -0.331. The zero-order valence-electron chi connectivity index (χ0n) is 12.7. The van der Waals surface area contributed by atoms with Gasteiger partial charge in [0, 0.05) is 10.7 Å². The number of aromatic nitrogens is 1. The molecule has 8 heteroatoms. The average Bonchev–Trinajstić information content (AvgIpc) is 3.07. The van der Waals surface area contributed by atoms with Crippen LogP contribution in [0.3, 0.4) is 0 Å². The van der Waals surface area contributed by atoms with Crippen molar-refractivity contribution < 1.29 is 18.3 Å². The minimum atomic E-state index is -0.559. The lowest BCUT2D eigenvalue weighted by Gasteiger charge is -2.04. The largest absolute Gasteiger partial charge is 0.486 e. The molecule has 0 saturated carbocycles. The number of ether oxygens (including phenoxy) is 1. The zero-order valence-corrected chi connectivity index (χ0v) is 14.3. The van der Waals surface area contributed by atoms with Crippen LogP contribution in [0, 0.1) is 5.82 Å². The Bertz CT molecular complexity index is 950.